The molecule has 0 spiro atoms. The third kappa shape index (κ3) is 52.8. The fourth-order valence-electron chi connectivity index (χ4n) is 5.66. The fourth-order valence-corrected chi connectivity index (χ4v) is 5.66. The average Bonchev–Trinajstić information content (AvgIpc) is 3.34. The Morgan fingerprint density at radius 3 is 1.27 bits per heavy atom. The Hall–Kier alpha value is -3.46. The van der Waals surface area contributed by atoms with Crippen molar-refractivity contribution in [2.45, 2.75) is 198 Å². The summed E-state index contributed by atoms with van der Waals surface area (Å²) < 4.78 is 5.20. The van der Waals surface area contributed by atoms with Gasteiger partial charge in [0.1, 0.15) is 0 Å². The van der Waals surface area contributed by atoms with E-state index in [1.165, 1.54) is 106 Å². The number of hydrogen-bond donors (Lipinski definition) is 0. The van der Waals surface area contributed by atoms with Crippen LogP contribution in [0.15, 0.2) is 141 Å². The van der Waals surface area contributed by atoms with E-state index in [1.807, 2.05) is 45.9 Å². The molecular formula is C61H107NO. The molecule has 3 aromatic carbocycles. The highest BCUT2D eigenvalue weighted by Gasteiger charge is 2.18. The Kier molecular flexibility index (Phi) is 66.0. The van der Waals surface area contributed by atoms with Gasteiger partial charge in [-0.2, -0.15) is 0 Å². The second-order valence-corrected chi connectivity index (χ2v) is 15.4. The maximum absolute atomic E-state index is 5.20. The standard InChI is InChI=1S/C20H33NO.C13H18.C12H16.2C4H10.C4H8.2C2H6/c1-5-15-21(16-10-17-22-4)20(18(2)3)14-9-13-19-11-7-6-8-12-19;1-3-12(2)8-7-11-13-9-5-4-6-10-13;1-2-3-4-6-9-12-10-7-5-8-11-12;3*1-3-4-2;2*1-2/h6-8,11-12,20H,2,5,9-10,13-17H2,1,3-4H3;3-6,9-10,12H,1,7-8,11H2,2H3;2,5,7-8,10-11H,1,3-4,6,9H2;2*3-4H2,1-2H3;3H,1,4H2,2H3;2*1-2H3. The van der Waals surface area contributed by atoms with Gasteiger partial charge in [0.15, 0.2) is 0 Å². The van der Waals surface area contributed by atoms with Crippen molar-refractivity contribution in [2.75, 3.05) is 26.8 Å². The molecular weight excluding hydrogens is 763 g/mol. The van der Waals surface area contributed by atoms with Crippen LogP contribution in [0.3, 0.4) is 0 Å². The van der Waals surface area contributed by atoms with Crippen molar-refractivity contribution in [1.29, 1.82) is 0 Å². The number of hydrogen-bond acceptors (Lipinski definition) is 2. The van der Waals surface area contributed by atoms with Gasteiger partial charge in [-0.3, -0.25) is 4.90 Å². The molecule has 0 aromatic heterocycles. The molecule has 0 N–H and O–H groups in total. The first-order valence-corrected chi connectivity index (χ1v) is 25.5. The summed E-state index contributed by atoms with van der Waals surface area (Å²) in [6.07, 6.45) is 26.7. The van der Waals surface area contributed by atoms with E-state index < -0.39 is 0 Å². The minimum absolute atomic E-state index is 0.500. The molecule has 3 aromatic rings. The summed E-state index contributed by atoms with van der Waals surface area (Å²) in [4.78, 5) is 2.59. The van der Waals surface area contributed by atoms with Crippen LogP contribution in [0.5, 0.6) is 0 Å². The molecule has 2 atom stereocenters. The average molecular weight is 871 g/mol. The highest BCUT2D eigenvalue weighted by atomic mass is 16.5. The maximum atomic E-state index is 5.20. The van der Waals surface area contributed by atoms with E-state index in [9.17, 15) is 0 Å². The van der Waals surface area contributed by atoms with Crippen molar-refractivity contribution < 1.29 is 4.74 Å². The molecule has 0 aliphatic heterocycles. The Morgan fingerprint density at radius 1 is 0.556 bits per heavy atom. The van der Waals surface area contributed by atoms with E-state index in [0.29, 0.717) is 12.0 Å². The Labute approximate surface area is 396 Å². The van der Waals surface area contributed by atoms with Crippen molar-refractivity contribution in [2.24, 2.45) is 5.92 Å². The van der Waals surface area contributed by atoms with E-state index in [2.05, 4.69) is 178 Å². The Balaban J connectivity index is -0.000000235. The number of rotatable bonds is 25. The van der Waals surface area contributed by atoms with Gasteiger partial charge in [0.2, 0.25) is 0 Å². The fraction of sp³-hybridized carbons (Fsp3) is 0.574. The third-order valence-electron chi connectivity index (χ3n) is 9.73. The molecule has 0 saturated carbocycles. The van der Waals surface area contributed by atoms with Crippen LogP contribution in [0.25, 0.3) is 0 Å². The molecule has 0 amide bonds. The Morgan fingerprint density at radius 2 is 0.952 bits per heavy atom. The lowest BCUT2D eigenvalue weighted by Gasteiger charge is -2.32. The molecule has 0 radical (unpaired) electrons. The second-order valence-electron chi connectivity index (χ2n) is 15.4. The van der Waals surface area contributed by atoms with Gasteiger partial charge >= 0.3 is 0 Å². The van der Waals surface area contributed by atoms with Gasteiger partial charge < -0.3 is 4.74 Å². The van der Waals surface area contributed by atoms with E-state index in [-0.39, 0.29) is 0 Å². The molecule has 362 valence electrons. The van der Waals surface area contributed by atoms with E-state index in [4.69, 9.17) is 4.74 Å². The number of allylic oxidation sites excluding steroid dienone is 3. The van der Waals surface area contributed by atoms with Crippen LogP contribution in [-0.4, -0.2) is 37.7 Å². The van der Waals surface area contributed by atoms with Crippen molar-refractivity contribution >= 4 is 0 Å². The summed E-state index contributed by atoms with van der Waals surface area (Å²) in [5.74, 6) is 0.656. The summed E-state index contributed by atoms with van der Waals surface area (Å²) >= 11 is 0. The summed E-state index contributed by atoms with van der Waals surface area (Å²) in [5, 5.41) is 0. The molecule has 2 heteroatoms. The quantitative estimate of drug-likeness (QED) is 0.0621. The summed E-state index contributed by atoms with van der Waals surface area (Å²) in [7, 11) is 1.78. The van der Waals surface area contributed by atoms with Gasteiger partial charge in [-0.1, -0.05) is 223 Å². The molecule has 0 heterocycles. The van der Waals surface area contributed by atoms with Crippen molar-refractivity contribution in [1.82, 2.24) is 4.90 Å². The first kappa shape index (κ1) is 68.6. The number of unbranched alkanes of at least 4 members (excludes halogenated alkanes) is 4. The number of nitrogens with zero attached hydrogens (tertiary/aromatic N) is 1. The summed E-state index contributed by atoms with van der Waals surface area (Å²) in [6.45, 7) is 43.7. The second kappa shape index (κ2) is 60.6. The molecule has 63 heavy (non-hydrogen) atoms. The molecule has 0 saturated heterocycles. The smallest absolute Gasteiger partial charge is 0.0474 e. The molecule has 0 fully saturated rings. The molecule has 0 bridgehead atoms. The maximum Gasteiger partial charge on any atom is 0.0474 e. The highest BCUT2D eigenvalue weighted by molar-refractivity contribution is 5.16. The van der Waals surface area contributed by atoms with Gasteiger partial charge in [-0.25, -0.2) is 0 Å². The lowest BCUT2D eigenvalue weighted by Crippen LogP contribution is -2.38. The first-order chi connectivity index (χ1) is 30.7. The predicted octanol–water partition coefficient (Wildman–Crippen LogP) is 19.4. The van der Waals surface area contributed by atoms with Crippen LogP contribution in [0.1, 0.15) is 190 Å². The van der Waals surface area contributed by atoms with Crippen molar-refractivity contribution in [3.63, 3.8) is 0 Å². The SMILES string of the molecule is C=C(C)C(CCCc1ccccc1)N(CCC)CCCOC.C=CC(C)CCCc1ccccc1.C=CCC.C=CCCCCc1ccccc1.CC.CC.CCCC.CCCC. The van der Waals surface area contributed by atoms with Gasteiger partial charge in [0, 0.05) is 26.3 Å². The zero-order valence-electron chi connectivity index (χ0n) is 44.4. The largest absolute Gasteiger partial charge is 0.385 e. The van der Waals surface area contributed by atoms with Crippen LogP contribution >= 0.6 is 0 Å². The molecule has 2 unspecified atom stereocenters. The van der Waals surface area contributed by atoms with Gasteiger partial charge in [-0.05, 0) is 120 Å². The van der Waals surface area contributed by atoms with E-state index in [1.54, 1.807) is 7.11 Å². The molecule has 0 aliphatic carbocycles. The predicted molar refractivity (Wildman–Crippen MR) is 294 cm³/mol. The molecule has 3 rings (SSSR count). The van der Waals surface area contributed by atoms with E-state index in [0.717, 1.165) is 45.4 Å². The third-order valence-corrected chi connectivity index (χ3v) is 9.73. The minimum atomic E-state index is 0.500. The summed E-state index contributed by atoms with van der Waals surface area (Å²) in [6, 6.07) is 32.6. The first-order valence-electron chi connectivity index (χ1n) is 25.5. The topological polar surface area (TPSA) is 12.5 Å². The van der Waals surface area contributed by atoms with Crippen LogP contribution in [0, 0.1) is 5.92 Å². The van der Waals surface area contributed by atoms with Crippen LogP contribution in [0.2, 0.25) is 0 Å². The lowest BCUT2D eigenvalue weighted by atomic mass is 9.99. The molecule has 2 nitrogen and oxygen atoms in total. The minimum Gasteiger partial charge on any atom is -0.385 e. The van der Waals surface area contributed by atoms with Gasteiger partial charge in [0.05, 0.1) is 0 Å². The van der Waals surface area contributed by atoms with Crippen LogP contribution < -0.4 is 0 Å². The Bertz CT molecular complexity index is 1260. The number of aryl methyl sites for hydroxylation is 3. The number of methoxy groups -OCH3 is 1. The highest BCUT2D eigenvalue weighted by Crippen LogP contribution is 2.18. The van der Waals surface area contributed by atoms with Crippen molar-refractivity contribution in [3.05, 3.63) is 158 Å². The normalized spacial score (nSPS) is 10.3. The lowest BCUT2D eigenvalue weighted by molar-refractivity contribution is 0.154. The van der Waals surface area contributed by atoms with Crippen molar-refractivity contribution in [3.8, 4) is 0 Å². The van der Waals surface area contributed by atoms with E-state index >= 15 is 0 Å². The van der Waals surface area contributed by atoms with Crippen LogP contribution in [0.4, 0.5) is 0 Å². The zero-order chi connectivity index (χ0) is 48.6. The van der Waals surface area contributed by atoms with Gasteiger partial charge in [0.25, 0.3) is 0 Å². The molecule has 0 aliphatic rings. The monoisotopic (exact) mass is 870 g/mol. The number of benzene rings is 3. The van der Waals surface area contributed by atoms with Gasteiger partial charge in [-0.15, -0.1) is 19.7 Å². The number of ether oxygens (including phenoxy) is 1. The van der Waals surface area contributed by atoms with Crippen LogP contribution in [-0.2, 0) is 24.0 Å². The zero-order valence-corrected chi connectivity index (χ0v) is 44.4. The summed E-state index contributed by atoms with van der Waals surface area (Å²) in [5.41, 5.74) is 5.61.